The molecule has 6 heteroatoms. The van der Waals surface area contributed by atoms with E-state index in [-0.39, 0.29) is 24.5 Å². The quantitative estimate of drug-likeness (QED) is 0.312. The van der Waals surface area contributed by atoms with Crippen molar-refractivity contribution >= 4 is 5.97 Å². The standard InChI is InChI=1S/C15H21N3O3/c1-4-20-15(19)10-9-14(17-18-16)12-5-7-13(8-6-12)21-11(2)3/h5-8,11,14H,4,9-10H2,1-3H3. The molecule has 0 saturated carbocycles. The number of carbonyl (C=O) groups is 1. The number of azide groups is 1. The van der Waals surface area contributed by atoms with Crippen molar-refractivity contribution in [1.29, 1.82) is 0 Å². The summed E-state index contributed by atoms with van der Waals surface area (Å²) in [4.78, 5) is 14.2. The van der Waals surface area contributed by atoms with Gasteiger partial charge < -0.3 is 9.47 Å². The smallest absolute Gasteiger partial charge is 0.305 e. The van der Waals surface area contributed by atoms with E-state index in [1.807, 2.05) is 38.1 Å². The molecule has 0 aliphatic heterocycles. The highest BCUT2D eigenvalue weighted by molar-refractivity contribution is 5.69. The Morgan fingerprint density at radius 2 is 2.00 bits per heavy atom. The second-order valence-electron chi connectivity index (χ2n) is 4.80. The molecule has 1 rings (SSSR count). The lowest BCUT2D eigenvalue weighted by atomic mass is 10.0. The van der Waals surface area contributed by atoms with E-state index in [4.69, 9.17) is 15.0 Å². The van der Waals surface area contributed by atoms with Crippen molar-refractivity contribution in [3.63, 3.8) is 0 Å². The Balaban J connectivity index is 2.71. The molecule has 0 radical (unpaired) electrons. The first-order chi connectivity index (χ1) is 10.1. The molecule has 0 spiro atoms. The second-order valence-corrected chi connectivity index (χ2v) is 4.80. The molecule has 0 amide bonds. The van der Waals surface area contributed by atoms with E-state index < -0.39 is 0 Å². The maximum Gasteiger partial charge on any atom is 0.305 e. The van der Waals surface area contributed by atoms with Crippen molar-refractivity contribution in [3.05, 3.63) is 40.3 Å². The minimum absolute atomic E-state index is 0.104. The third-order valence-corrected chi connectivity index (χ3v) is 2.75. The highest BCUT2D eigenvalue weighted by Gasteiger charge is 2.13. The zero-order chi connectivity index (χ0) is 15.7. The number of hydrogen-bond acceptors (Lipinski definition) is 4. The van der Waals surface area contributed by atoms with Crippen LogP contribution in [-0.4, -0.2) is 18.7 Å². The van der Waals surface area contributed by atoms with Crippen molar-refractivity contribution in [2.45, 2.75) is 45.8 Å². The van der Waals surface area contributed by atoms with Crippen molar-refractivity contribution in [2.75, 3.05) is 6.61 Å². The van der Waals surface area contributed by atoms with E-state index in [1.54, 1.807) is 6.92 Å². The summed E-state index contributed by atoms with van der Waals surface area (Å²) < 4.78 is 10.4. The number of nitrogens with zero attached hydrogens (tertiary/aromatic N) is 3. The zero-order valence-corrected chi connectivity index (χ0v) is 12.7. The van der Waals surface area contributed by atoms with Crippen molar-refractivity contribution < 1.29 is 14.3 Å². The molecule has 1 unspecified atom stereocenters. The van der Waals surface area contributed by atoms with Gasteiger partial charge in [-0.05, 0) is 50.4 Å². The van der Waals surface area contributed by atoms with Crippen LogP contribution in [0.5, 0.6) is 5.75 Å². The van der Waals surface area contributed by atoms with Gasteiger partial charge in [0.05, 0.1) is 18.8 Å². The van der Waals surface area contributed by atoms with Crippen LogP contribution in [0.3, 0.4) is 0 Å². The summed E-state index contributed by atoms with van der Waals surface area (Å²) in [7, 11) is 0. The molecule has 0 aliphatic carbocycles. The van der Waals surface area contributed by atoms with E-state index >= 15 is 0 Å². The monoisotopic (exact) mass is 291 g/mol. The molecular formula is C15H21N3O3. The number of rotatable bonds is 8. The van der Waals surface area contributed by atoms with E-state index in [0.29, 0.717) is 13.0 Å². The van der Waals surface area contributed by atoms with Gasteiger partial charge in [-0.2, -0.15) is 0 Å². The molecule has 1 aromatic carbocycles. The van der Waals surface area contributed by atoms with Gasteiger partial charge >= 0.3 is 5.97 Å². The molecule has 1 atom stereocenters. The fraction of sp³-hybridized carbons (Fsp3) is 0.533. The second kappa shape index (κ2) is 8.87. The first kappa shape index (κ1) is 16.9. The summed E-state index contributed by atoms with van der Waals surface area (Å²) in [6.07, 6.45) is 0.752. The largest absolute Gasteiger partial charge is 0.491 e. The van der Waals surface area contributed by atoms with Crippen LogP contribution in [0.4, 0.5) is 0 Å². The topological polar surface area (TPSA) is 84.3 Å². The van der Waals surface area contributed by atoms with Crippen LogP contribution in [0.25, 0.3) is 10.4 Å². The third-order valence-electron chi connectivity index (χ3n) is 2.75. The average Bonchev–Trinajstić information content (AvgIpc) is 2.44. The summed E-state index contributed by atoms with van der Waals surface area (Å²) in [6.45, 7) is 6.02. The lowest BCUT2D eigenvalue weighted by Gasteiger charge is -2.13. The fourth-order valence-electron chi connectivity index (χ4n) is 1.88. The Kier molecular flexibility index (Phi) is 7.12. The number of benzene rings is 1. The molecule has 0 saturated heterocycles. The Hall–Kier alpha value is -2.20. The molecule has 114 valence electrons. The van der Waals surface area contributed by atoms with Gasteiger partial charge in [-0.1, -0.05) is 17.2 Å². The number of esters is 1. The lowest BCUT2D eigenvalue weighted by Crippen LogP contribution is -2.07. The van der Waals surface area contributed by atoms with Crippen molar-refractivity contribution in [2.24, 2.45) is 5.11 Å². The number of hydrogen-bond donors (Lipinski definition) is 0. The van der Waals surface area contributed by atoms with Crippen molar-refractivity contribution in [3.8, 4) is 5.75 Å². The van der Waals surface area contributed by atoms with Gasteiger partial charge in [0.15, 0.2) is 0 Å². The highest BCUT2D eigenvalue weighted by atomic mass is 16.5. The zero-order valence-electron chi connectivity index (χ0n) is 12.7. The van der Waals surface area contributed by atoms with Gasteiger partial charge in [-0.25, -0.2) is 0 Å². The third kappa shape index (κ3) is 6.19. The molecule has 0 heterocycles. The Morgan fingerprint density at radius 1 is 1.33 bits per heavy atom. The van der Waals surface area contributed by atoms with E-state index in [1.165, 1.54) is 0 Å². The maximum absolute atomic E-state index is 11.4. The van der Waals surface area contributed by atoms with E-state index in [2.05, 4.69) is 10.0 Å². The van der Waals surface area contributed by atoms with Crippen LogP contribution in [0.15, 0.2) is 29.4 Å². The Bertz CT molecular complexity index is 493. The summed E-state index contributed by atoms with van der Waals surface area (Å²) in [5.41, 5.74) is 9.51. The molecule has 1 aromatic rings. The summed E-state index contributed by atoms with van der Waals surface area (Å²) in [5.74, 6) is 0.481. The van der Waals surface area contributed by atoms with Gasteiger partial charge in [0.2, 0.25) is 0 Å². The predicted molar refractivity (Wildman–Crippen MR) is 80.0 cm³/mol. The first-order valence-corrected chi connectivity index (χ1v) is 7.03. The molecular weight excluding hydrogens is 270 g/mol. The average molecular weight is 291 g/mol. The highest BCUT2D eigenvalue weighted by Crippen LogP contribution is 2.25. The lowest BCUT2D eigenvalue weighted by molar-refractivity contribution is -0.143. The normalized spacial score (nSPS) is 11.6. The first-order valence-electron chi connectivity index (χ1n) is 7.03. The van der Waals surface area contributed by atoms with Crippen LogP contribution < -0.4 is 4.74 Å². The molecule has 0 bridgehead atoms. The summed E-state index contributed by atoms with van der Waals surface area (Å²) >= 11 is 0. The minimum atomic E-state index is -0.382. The van der Waals surface area contributed by atoms with E-state index in [0.717, 1.165) is 11.3 Å². The minimum Gasteiger partial charge on any atom is -0.491 e. The van der Waals surface area contributed by atoms with Gasteiger partial charge in [0.1, 0.15) is 5.75 Å². The van der Waals surface area contributed by atoms with Gasteiger partial charge in [0.25, 0.3) is 0 Å². The van der Waals surface area contributed by atoms with Gasteiger partial charge in [-0.3, -0.25) is 4.79 Å². The van der Waals surface area contributed by atoms with Crippen molar-refractivity contribution in [1.82, 2.24) is 0 Å². The molecule has 0 fully saturated rings. The Labute approximate surface area is 124 Å². The summed E-state index contributed by atoms with van der Waals surface area (Å²) in [6, 6.07) is 6.98. The Morgan fingerprint density at radius 3 is 2.52 bits per heavy atom. The fourth-order valence-corrected chi connectivity index (χ4v) is 1.88. The SMILES string of the molecule is CCOC(=O)CCC(N=[N+]=[N-])c1ccc(OC(C)C)cc1. The van der Waals surface area contributed by atoms with Crippen LogP contribution >= 0.6 is 0 Å². The van der Waals surface area contributed by atoms with E-state index in [9.17, 15) is 4.79 Å². The van der Waals surface area contributed by atoms with Crippen LogP contribution in [0.1, 0.15) is 45.2 Å². The van der Waals surface area contributed by atoms with Crippen LogP contribution in [0, 0.1) is 0 Å². The molecule has 6 nitrogen and oxygen atoms in total. The van der Waals surface area contributed by atoms with Crippen LogP contribution in [-0.2, 0) is 9.53 Å². The number of ether oxygens (including phenoxy) is 2. The van der Waals surface area contributed by atoms with Gasteiger partial charge in [-0.15, -0.1) is 0 Å². The molecule has 0 aromatic heterocycles. The molecule has 21 heavy (non-hydrogen) atoms. The number of carbonyl (C=O) groups excluding carboxylic acids is 1. The van der Waals surface area contributed by atoms with Gasteiger partial charge in [0, 0.05) is 11.3 Å². The molecule has 0 N–H and O–H groups in total. The maximum atomic E-state index is 11.4. The predicted octanol–water partition coefficient (Wildman–Crippen LogP) is 4.17. The van der Waals surface area contributed by atoms with Crippen LogP contribution in [0.2, 0.25) is 0 Å². The molecule has 0 aliphatic rings. The summed E-state index contributed by atoms with van der Waals surface area (Å²) in [5, 5.41) is 3.75.